The summed E-state index contributed by atoms with van der Waals surface area (Å²) in [6, 6.07) is 0. The molecule has 1 amide bonds. The first-order valence-corrected chi connectivity index (χ1v) is 9.01. The average molecular weight is 321 g/mol. The van der Waals surface area contributed by atoms with Crippen LogP contribution in [0.25, 0.3) is 0 Å². The molecule has 4 unspecified atom stereocenters. The molecule has 23 heavy (non-hydrogen) atoms. The van der Waals surface area contributed by atoms with Crippen LogP contribution in [0.2, 0.25) is 0 Å². The predicted octanol–water partition coefficient (Wildman–Crippen LogP) is 3.43. The predicted molar refractivity (Wildman–Crippen MR) is 88.4 cm³/mol. The van der Waals surface area contributed by atoms with E-state index in [0.717, 1.165) is 38.5 Å². The molecule has 4 bridgehead atoms. The average Bonchev–Trinajstić information content (AvgIpc) is 2.83. The first-order chi connectivity index (χ1) is 10.5. The normalized spacial score (nSPS) is 38.8. The number of carbonyl (C=O) groups is 2. The van der Waals surface area contributed by atoms with E-state index in [2.05, 4.69) is 0 Å². The number of ether oxygens (including phenoxy) is 1. The highest BCUT2D eigenvalue weighted by Gasteiger charge is 2.70. The van der Waals surface area contributed by atoms with Crippen molar-refractivity contribution in [2.24, 2.45) is 33.8 Å². The summed E-state index contributed by atoms with van der Waals surface area (Å²) < 4.78 is 6.06. The molecule has 4 aliphatic carbocycles. The van der Waals surface area contributed by atoms with Gasteiger partial charge in [0.25, 0.3) is 0 Å². The number of nitrogens with two attached hydrogens (primary N) is 1. The molecule has 4 atom stereocenters. The van der Waals surface area contributed by atoms with E-state index in [0.29, 0.717) is 11.8 Å². The van der Waals surface area contributed by atoms with Gasteiger partial charge in [-0.1, -0.05) is 6.92 Å². The van der Waals surface area contributed by atoms with Crippen molar-refractivity contribution in [2.75, 3.05) is 0 Å². The van der Waals surface area contributed by atoms with Crippen LogP contribution in [0.4, 0.5) is 0 Å². The maximum absolute atomic E-state index is 12.6. The molecule has 4 fully saturated rings. The lowest BCUT2D eigenvalue weighted by molar-refractivity contribution is -0.187. The number of carbonyl (C=O) groups excluding carboxylic acids is 2. The van der Waals surface area contributed by atoms with E-state index in [1.807, 2.05) is 34.6 Å². The molecule has 4 rings (SSSR count). The van der Waals surface area contributed by atoms with Gasteiger partial charge in [0.2, 0.25) is 5.91 Å². The molecule has 0 saturated heterocycles. The van der Waals surface area contributed by atoms with Gasteiger partial charge in [0.05, 0.1) is 10.8 Å². The van der Waals surface area contributed by atoms with Crippen LogP contribution in [0.5, 0.6) is 0 Å². The first-order valence-electron chi connectivity index (χ1n) is 9.01. The van der Waals surface area contributed by atoms with E-state index in [1.165, 1.54) is 0 Å². The molecule has 130 valence electrons. The molecule has 0 aromatic heterocycles. The molecular formula is C19H31NO3. The Labute approximate surface area is 139 Å². The van der Waals surface area contributed by atoms with E-state index >= 15 is 0 Å². The van der Waals surface area contributed by atoms with E-state index in [1.54, 1.807) is 0 Å². The Morgan fingerprint density at radius 2 is 1.83 bits per heavy atom. The summed E-state index contributed by atoms with van der Waals surface area (Å²) in [5.74, 6) is 0.681. The lowest BCUT2D eigenvalue weighted by Crippen LogP contribution is -2.52. The van der Waals surface area contributed by atoms with Crippen LogP contribution in [0.1, 0.15) is 73.1 Å². The maximum Gasteiger partial charge on any atom is 0.312 e. The highest BCUT2D eigenvalue weighted by molar-refractivity contribution is 5.82. The molecule has 0 spiro atoms. The van der Waals surface area contributed by atoms with Gasteiger partial charge in [0.1, 0.15) is 5.60 Å². The van der Waals surface area contributed by atoms with Gasteiger partial charge in [-0.3, -0.25) is 9.59 Å². The van der Waals surface area contributed by atoms with Crippen LogP contribution < -0.4 is 5.73 Å². The van der Waals surface area contributed by atoms with Crippen LogP contribution in [0.3, 0.4) is 0 Å². The maximum atomic E-state index is 12.6. The van der Waals surface area contributed by atoms with E-state index in [-0.39, 0.29) is 22.7 Å². The highest BCUT2D eigenvalue weighted by Crippen LogP contribution is 2.73. The fraction of sp³-hybridized carbons (Fsp3) is 0.895. The second-order valence-corrected chi connectivity index (χ2v) is 9.53. The zero-order valence-corrected chi connectivity index (χ0v) is 15.2. The van der Waals surface area contributed by atoms with Crippen molar-refractivity contribution in [1.29, 1.82) is 0 Å². The van der Waals surface area contributed by atoms with Crippen LogP contribution in [-0.4, -0.2) is 17.5 Å². The van der Waals surface area contributed by atoms with Crippen molar-refractivity contribution < 1.29 is 14.3 Å². The zero-order valence-electron chi connectivity index (χ0n) is 15.2. The SMILES string of the molecule is CCC(C)(C)C(=O)OC(C)(C)C12CC3CC(C1)C(C(N)=O)(C3)C2. The molecule has 4 saturated carbocycles. The van der Waals surface area contributed by atoms with Crippen LogP contribution >= 0.6 is 0 Å². The number of esters is 1. The zero-order chi connectivity index (χ0) is 17.3. The minimum absolute atomic E-state index is 0.0899. The monoisotopic (exact) mass is 321 g/mol. The van der Waals surface area contributed by atoms with Crippen LogP contribution in [0.15, 0.2) is 0 Å². The first kappa shape index (κ1) is 16.8. The van der Waals surface area contributed by atoms with Gasteiger partial charge in [0.15, 0.2) is 0 Å². The Bertz CT molecular complexity index is 553. The number of rotatable bonds is 5. The second kappa shape index (κ2) is 4.73. The Balaban J connectivity index is 1.87. The van der Waals surface area contributed by atoms with Crippen LogP contribution in [-0.2, 0) is 14.3 Å². The summed E-state index contributed by atoms with van der Waals surface area (Å²) >= 11 is 0. The van der Waals surface area contributed by atoms with Gasteiger partial charge in [-0.15, -0.1) is 0 Å². The van der Waals surface area contributed by atoms with E-state index < -0.39 is 11.0 Å². The minimum Gasteiger partial charge on any atom is -0.459 e. The van der Waals surface area contributed by atoms with Crippen molar-refractivity contribution in [1.82, 2.24) is 0 Å². The third kappa shape index (κ3) is 2.16. The third-order valence-corrected chi connectivity index (χ3v) is 7.57. The summed E-state index contributed by atoms with van der Waals surface area (Å²) in [6.45, 7) is 9.96. The molecule has 0 heterocycles. The second-order valence-electron chi connectivity index (χ2n) is 9.53. The fourth-order valence-electron chi connectivity index (χ4n) is 5.62. The Hall–Kier alpha value is -1.06. The Morgan fingerprint density at radius 1 is 1.17 bits per heavy atom. The molecule has 2 N–H and O–H groups in total. The van der Waals surface area contributed by atoms with Gasteiger partial charge in [-0.05, 0) is 78.1 Å². The van der Waals surface area contributed by atoms with Gasteiger partial charge in [-0.2, -0.15) is 0 Å². The van der Waals surface area contributed by atoms with Crippen molar-refractivity contribution in [3.8, 4) is 0 Å². The van der Waals surface area contributed by atoms with E-state index in [9.17, 15) is 9.59 Å². The lowest BCUT2D eigenvalue weighted by Gasteiger charge is -2.50. The smallest absolute Gasteiger partial charge is 0.312 e. The Kier molecular flexibility index (Phi) is 3.45. The molecular weight excluding hydrogens is 290 g/mol. The van der Waals surface area contributed by atoms with E-state index in [4.69, 9.17) is 10.5 Å². The summed E-state index contributed by atoms with van der Waals surface area (Å²) in [6.07, 6.45) is 5.65. The lowest BCUT2D eigenvalue weighted by atomic mass is 9.59. The highest BCUT2D eigenvalue weighted by atomic mass is 16.6. The number of primary amides is 1. The van der Waals surface area contributed by atoms with Gasteiger partial charge in [-0.25, -0.2) is 0 Å². The topological polar surface area (TPSA) is 69.4 Å². The molecule has 0 aromatic rings. The number of amides is 1. The fourth-order valence-corrected chi connectivity index (χ4v) is 5.62. The summed E-state index contributed by atoms with van der Waals surface area (Å²) in [7, 11) is 0. The largest absolute Gasteiger partial charge is 0.459 e. The van der Waals surface area contributed by atoms with Crippen molar-refractivity contribution in [2.45, 2.75) is 78.7 Å². The standard InChI is InChI=1S/C19H31NO3/c1-6-16(2,3)15(22)23-17(4,5)18-8-12-7-13(10-18)19(9-12,11-18)14(20)21/h12-13H,6-11H2,1-5H3,(H2,20,21). The molecule has 4 nitrogen and oxygen atoms in total. The van der Waals surface area contributed by atoms with Crippen molar-refractivity contribution >= 4 is 11.9 Å². The quantitative estimate of drug-likeness (QED) is 0.789. The van der Waals surface area contributed by atoms with Gasteiger partial charge < -0.3 is 10.5 Å². The minimum atomic E-state index is -0.551. The summed E-state index contributed by atoms with van der Waals surface area (Å²) in [5.41, 5.74) is 4.36. The van der Waals surface area contributed by atoms with Gasteiger partial charge >= 0.3 is 5.97 Å². The molecule has 0 aliphatic heterocycles. The molecule has 0 radical (unpaired) electrons. The Morgan fingerprint density at radius 3 is 2.35 bits per heavy atom. The van der Waals surface area contributed by atoms with Gasteiger partial charge in [0, 0.05) is 5.41 Å². The van der Waals surface area contributed by atoms with Crippen LogP contribution in [0, 0.1) is 28.1 Å². The third-order valence-electron chi connectivity index (χ3n) is 7.57. The molecule has 0 aromatic carbocycles. The summed E-state index contributed by atoms with van der Waals surface area (Å²) in [5, 5.41) is 0. The number of hydrogen-bond acceptors (Lipinski definition) is 3. The number of hydrogen-bond donors (Lipinski definition) is 1. The van der Waals surface area contributed by atoms with Crippen molar-refractivity contribution in [3.63, 3.8) is 0 Å². The van der Waals surface area contributed by atoms with Crippen molar-refractivity contribution in [3.05, 3.63) is 0 Å². The molecule has 4 aliphatic rings. The molecule has 4 heteroatoms. The summed E-state index contributed by atoms with van der Waals surface area (Å²) in [4.78, 5) is 24.8.